The third kappa shape index (κ3) is 3.77. The zero-order valence-corrected chi connectivity index (χ0v) is 16.0. The minimum Gasteiger partial charge on any atom is -0.358 e. The molecular formula is C21H24B2F2N2O. The number of pyridine rings is 2. The molecule has 2 aliphatic carbocycles. The van der Waals surface area contributed by atoms with Crippen LogP contribution in [0.15, 0.2) is 29.3 Å². The Hall–Kier alpha value is -1.65. The number of hydrogen-bond acceptors (Lipinski definition) is 2. The zero-order chi connectivity index (χ0) is 19.9. The second kappa shape index (κ2) is 7.31. The van der Waals surface area contributed by atoms with E-state index < -0.39 is 11.2 Å². The summed E-state index contributed by atoms with van der Waals surface area (Å²) in [6, 6.07) is 3.46. The summed E-state index contributed by atoms with van der Waals surface area (Å²) in [5, 5.41) is 0.105. The molecule has 2 saturated carbocycles. The van der Waals surface area contributed by atoms with Crippen LogP contribution in [0.25, 0.3) is 10.9 Å². The molecule has 0 aromatic carbocycles. The Labute approximate surface area is 166 Å². The van der Waals surface area contributed by atoms with E-state index >= 15 is 0 Å². The van der Waals surface area contributed by atoms with Crippen LogP contribution in [0.4, 0.5) is 8.78 Å². The number of aromatic amines is 1. The molecule has 0 aliphatic heterocycles. The predicted octanol–water partition coefficient (Wildman–Crippen LogP) is 4.55. The van der Waals surface area contributed by atoms with E-state index in [4.69, 9.17) is 15.7 Å². The summed E-state index contributed by atoms with van der Waals surface area (Å²) < 4.78 is 27.4. The summed E-state index contributed by atoms with van der Waals surface area (Å²) in [5.41, 5.74) is 1.58. The highest BCUT2D eigenvalue weighted by atomic mass is 19.3. The second-order valence-corrected chi connectivity index (χ2v) is 8.78. The van der Waals surface area contributed by atoms with E-state index in [0.29, 0.717) is 31.0 Å². The Morgan fingerprint density at radius 3 is 2.68 bits per heavy atom. The number of nitrogens with one attached hydrogen (secondary N) is 1. The van der Waals surface area contributed by atoms with Gasteiger partial charge in [0.1, 0.15) is 0 Å². The van der Waals surface area contributed by atoms with Crippen molar-refractivity contribution >= 4 is 26.6 Å². The third-order valence-electron chi connectivity index (χ3n) is 6.94. The van der Waals surface area contributed by atoms with Gasteiger partial charge in [-0.3, -0.25) is 9.78 Å². The van der Waals surface area contributed by atoms with Gasteiger partial charge in [-0.2, -0.15) is 0 Å². The first-order valence-corrected chi connectivity index (χ1v) is 10.1. The van der Waals surface area contributed by atoms with E-state index in [2.05, 4.69) is 9.97 Å². The van der Waals surface area contributed by atoms with Crippen LogP contribution in [0, 0.1) is 11.8 Å². The number of hydrogen-bond donors (Lipinski definition) is 1. The molecule has 2 aliphatic rings. The molecule has 1 N–H and O–H groups in total. The quantitative estimate of drug-likeness (QED) is 0.795. The molecule has 1 unspecified atom stereocenters. The van der Waals surface area contributed by atoms with Crippen LogP contribution in [-0.2, 0) is 0 Å². The summed E-state index contributed by atoms with van der Waals surface area (Å²) in [7, 11) is 12.5. The fourth-order valence-electron chi connectivity index (χ4n) is 5.24. The highest BCUT2D eigenvalue weighted by Gasteiger charge is 2.44. The van der Waals surface area contributed by atoms with Gasteiger partial charge in [-0.15, -0.1) is 0 Å². The largest absolute Gasteiger partial charge is 0.358 e. The summed E-state index contributed by atoms with van der Waals surface area (Å²) in [5.74, 6) is -2.13. The van der Waals surface area contributed by atoms with E-state index in [1.165, 1.54) is 0 Å². The van der Waals surface area contributed by atoms with E-state index in [1.54, 1.807) is 24.5 Å². The standard InChI is InChI=1S/C21H24B2F2N2O/c22-12-20(23)5-3-14(15(10-20)13-1-6-21(24,25)7-2-13)18-9-19(28)16-11-26-8-4-17(16)27-18/h4,8-9,11,13-15H,1-3,5-7,10,12H2,(H,27,28)/t14-,15+,20?/m1/s1. The number of aromatic nitrogens is 2. The molecule has 2 aromatic rings. The summed E-state index contributed by atoms with van der Waals surface area (Å²) in [6.45, 7) is 0. The maximum atomic E-state index is 13.7. The average molecular weight is 380 g/mol. The molecule has 3 atom stereocenters. The molecule has 4 radical (unpaired) electrons. The molecular weight excluding hydrogens is 356 g/mol. The first kappa shape index (κ1) is 19.7. The maximum Gasteiger partial charge on any atom is 0.248 e. The lowest BCUT2D eigenvalue weighted by atomic mass is 9.49. The smallest absolute Gasteiger partial charge is 0.248 e. The van der Waals surface area contributed by atoms with Gasteiger partial charge >= 0.3 is 0 Å². The Morgan fingerprint density at radius 1 is 1.21 bits per heavy atom. The number of rotatable bonds is 3. The highest BCUT2D eigenvalue weighted by molar-refractivity contribution is 6.22. The number of halogens is 2. The van der Waals surface area contributed by atoms with Gasteiger partial charge in [0, 0.05) is 42.9 Å². The molecule has 144 valence electrons. The van der Waals surface area contributed by atoms with Crippen LogP contribution in [-0.4, -0.2) is 31.6 Å². The van der Waals surface area contributed by atoms with Gasteiger partial charge in [-0.05, 0) is 37.2 Å². The monoisotopic (exact) mass is 380 g/mol. The normalized spacial score (nSPS) is 31.1. The first-order chi connectivity index (χ1) is 13.3. The third-order valence-corrected chi connectivity index (χ3v) is 6.94. The van der Waals surface area contributed by atoms with Crippen molar-refractivity contribution in [3.05, 3.63) is 40.4 Å². The van der Waals surface area contributed by atoms with Crippen molar-refractivity contribution in [1.29, 1.82) is 0 Å². The van der Waals surface area contributed by atoms with Gasteiger partial charge in [0.05, 0.1) is 26.6 Å². The second-order valence-electron chi connectivity index (χ2n) is 8.78. The molecule has 28 heavy (non-hydrogen) atoms. The molecule has 2 aromatic heterocycles. The minimum atomic E-state index is -2.56. The lowest BCUT2D eigenvalue weighted by Gasteiger charge is -2.47. The molecule has 0 saturated heterocycles. The van der Waals surface area contributed by atoms with Gasteiger partial charge < -0.3 is 4.98 Å². The Morgan fingerprint density at radius 2 is 1.96 bits per heavy atom. The fourth-order valence-corrected chi connectivity index (χ4v) is 5.24. The molecule has 4 rings (SSSR count). The lowest BCUT2D eigenvalue weighted by Crippen LogP contribution is -2.37. The van der Waals surface area contributed by atoms with E-state index in [0.717, 1.165) is 24.1 Å². The lowest BCUT2D eigenvalue weighted by molar-refractivity contribution is -0.0567. The van der Waals surface area contributed by atoms with Crippen molar-refractivity contribution in [2.75, 3.05) is 0 Å². The van der Waals surface area contributed by atoms with Crippen molar-refractivity contribution in [2.24, 2.45) is 11.8 Å². The number of fused-ring (bicyclic) bond motifs is 1. The molecule has 0 amide bonds. The van der Waals surface area contributed by atoms with Gasteiger partial charge in [-0.1, -0.05) is 24.5 Å². The molecule has 7 heteroatoms. The fraction of sp³-hybridized carbons (Fsp3) is 0.619. The number of alkyl halides is 2. The van der Waals surface area contributed by atoms with Gasteiger partial charge in [0.25, 0.3) is 0 Å². The zero-order valence-electron chi connectivity index (χ0n) is 16.0. The Balaban J connectivity index is 1.69. The molecule has 0 spiro atoms. The minimum absolute atomic E-state index is 0.0609. The van der Waals surface area contributed by atoms with Crippen molar-refractivity contribution in [1.82, 2.24) is 9.97 Å². The molecule has 3 nitrogen and oxygen atoms in total. The number of nitrogens with zero attached hydrogens (tertiary/aromatic N) is 1. The van der Waals surface area contributed by atoms with Crippen molar-refractivity contribution in [3.63, 3.8) is 0 Å². The van der Waals surface area contributed by atoms with Crippen molar-refractivity contribution < 1.29 is 8.78 Å². The topological polar surface area (TPSA) is 45.8 Å². The highest BCUT2D eigenvalue weighted by Crippen LogP contribution is 2.55. The Bertz CT molecular complexity index is 909. The summed E-state index contributed by atoms with van der Waals surface area (Å²) >= 11 is 0. The van der Waals surface area contributed by atoms with Crippen LogP contribution >= 0.6 is 0 Å². The van der Waals surface area contributed by atoms with E-state index in [1.807, 2.05) is 0 Å². The van der Waals surface area contributed by atoms with Crippen LogP contribution in [0.5, 0.6) is 0 Å². The van der Waals surface area contributed by atoms with Crippen LogP contribution in [0.2, 0.25) is 11.6 Å². The van der Waals surface area contributed by atoms with Crippen molar-refractivity contribution in [3.8, 4) is 0 Å². The number of H-pyrrole nitrogens is 1. The van der Waals surface area contributed by atoms with Gasteiger partial charge in [0.15, 0.2) is 5.43 Å². The van der Waals surface area contributed by atoms with Gasteiger partial charge in [-0.25, -0.2) is 8.78 Å². The van der Waals surface area contributed by atoms with Gasteiger partial charge in [0.2, 0.25) is 5.92 Å². The average Bonchev–Trinajstić information content (AvgIpc) is 2.68. The van der Waals surface area contributed by atoms with Crippen LogP contribution < -0.4 is 5.43 Å². The molecule has 2 heterocycles. The summed E-state index contributed by atoms with van der Waals surface area (Å²) in [4.78, 5) is 20.0. The first-order valence-electron chi connectivity index (χ1n) is 10.1. The summed E-state index contributed by atoms with van der Waals surface area (Å²) in [6.07, 6.45) is 6.75. The SMILES string of the molecule is [B]CC1([B])CC[C@@H](c2cc(=O)c3cnccc3[nH]2)[C@H](C2CCC(F)(F)CC2)C1. The molecule has 2 fully saturated rings. The van der Waals surface area contributed by atoms with E-state index in [-0.39, 0.29) is 36.0 Å². The Kier molecular flexibility index (Phi) is 5.13. The maximum absolute atomic E-state index is 13.7. The van der Waals surface area contributed by atoms with Crippen molar-refractivity contribution in [2.45, 2.75) is 68.4 Å². The predicted molar refractivity (Wildman–Crippen MR) is 108 cm³/mol. The van der Waals surface area contributed by atoms with Crippen LogP contribution in [0.3, 0.4) is 0 Å². The molecule has 0 bridgehead atoms. The van der Waals surface area contributed by atoms with E-state index in [9.17, 15) is 13.6 Å². The van der Waals surface area contributed by atoms with Crippen LogP contribution in [0.1, 0.15) is 56.6 Å².